The highest BCUT2D eigenvalue weighted by molar-refractivity contribution is 5.88. The molecule has 1 aromatic heterocycles. The first kappa shape index (κ1) is 11.1. The van der Waals surface area contributed by atoms with Gasteiger partial charge in [0.1, 0.15) is 25.1 Å². The van der Waals surface area contributed by atoms with Crippen molar-refractivity contribution in [2.45, 2.75) is 19.4 Å². The Hall–Kier alpha value is -1.98. The van der Waals surface area contributed by atoms with Crippen LogP contribution in [-0.2, 0) is 4.74 Å². The fourth-order valence-corrected chi connectivity index (χ4v) is 1.99. The molecule has 1 atom stereocenters. The monoisotopic (exact) mass is 250 g/mol. The summed E-state index contributed by atoms with van der Waals surface area (Å²) in [7, 11) is 0. The average Bonchev–Trinajstić information content (AvgIpc) is 2.79. The maximum atomic E-state index is 11.7. The summed E-state index contributed by atoms with van der Waals surface area (Å²) >= 11 is 0. The molecule has 96 valence electrons. The van der Waals surface area contributed by atoms with E-state index in [1.165, 1.54) is 4.90 Å². The quantitative estimate of drug-likeness (QED) is 0.797. The molecule has 18 heavy (non-hydrogen) atoms. The summed E-state index contributed by atoms with van der Waals surface area (Å²) < 4.78 is 16.0. The minimum absolute atomic E-state index is 0.0625. The van der Waals surface area contributed by atoms with Crippen molar-refractivity contribution in [2.75, 3.05) is 24.7 Å². The van der Waals surface area contributed by atoms with Gasteiger partial charge in [-0.3, -0.25) is 4.90 Å². The molecule has 1 fully saturated rings. The van der Waals surface area contributed by atoms with Crippen LogP contribution in [0.15, 0.2) is 12.1 Å². The van der Waals surface area contributed by atoms with Crippen LogP contribution in [0.1, 0.15) is 13.3 Å². The summed E-state index contributed by atoms with van der Waals surface area (Å²) in [4.78, 5) is 17.5. The number of rotatable bonds is 2. The number of cyclic esters (lactones) is 1. The Labute approximate surface area is 104 Å². The highest BCUT2D eigenvalue weighted by Crippen LogP contribution is 2.31. The summed E-state index contributed by atoms with van der Waals surface area (Å²) in [6.07, 6.45) is 0.380. The van der Waals surface area contributed by atoms with Gasteiger partial charge in [-0.2, -0.15) is 4.98 Å². The third kappa shape index (κ3) is 1.83. The molecule has 6 nitrogen and oxygen atoms in total. The maximum absolute atomic E-state index is 11.7. The van der Waals surface area contributed by atoms with Gasteiger partial charge in [0, 0.05) is 0 Å². The summed E-state index contributed by atoms with van der Waals surface area (Å²) in [5.74, 6) is 1.59. The zero-order chi connectivity index (χ0) is 12.5. The van der Waals surface area contributed by atoms with Crippen LogP contribution < -0.4 is 14.4 Å². The van der Waals surface area contributed by atoms with Crippen molar-refractivity contribution in [3.05, 3.63) is 12.1 Å². The van der Waals surface area contributed by atoms with Gasteiger partial charge >= 0.3 is 6.09 Å². The number of hydrogen-bond donors (Lipinski definition) is 0. The Morgan fingerprint density at radius 2 is 2.22 bits per heavy atom. The zero-order valence-corrected chi connectivity index (χ0v) is 10.1. The average molecular weight is 250 g/mol. The lowest BCUT2D eigenvalue weighted by Crippen LogP contribution is -2.26. The summed E-state index contributed by atoms with van der Waals surface area (Å²) in [6, 6.07) is 3.51. The van der Waals surface area contributed by atoms with Gasteiger partial charge in [-0.1, -0.05) is 6.92 Å². The van der Waals surface area contributed by atoms with Crippen LogP contribution in [0.4, 0.5) is 10.6 Å². The predicted octanol–water partition coefficient (Wildman–Crippen LogP) is 1.59. The van der Waals surface area contributed by atoms with Gasteiger partial charge in [-0.05, 0) is 18.6 Å². The first-order valence-electron chi connectivity index (χ1n) is 6.02. The van der Waals surface area contributed by atoms with Crippen molar-refractivity contribution in [3.8, 4) is 11.6 Å². The van der Waals surface area contributed by atoms with E-state index >= 15 is 0 Å². The van der Waals surface area contributed by atoms with Crippen LogP contribution in [-0.4, -0.2) is 36.9 Å². The molecule has 0 N–H and O–H groups in total. The summed E-state index contributed by atoms with van der Waals surface area (Å²) in [6.45, 7) is 3.52. The van der Waals surface area contributed by atoms with Gasteiger partial charge in [0.2, 0.25) is 0 Å². The Morgan fingerprint density at radius 1 is 1.39 bits per heavy atom. The van der Waals surface area contributed by atoms with Gasteiger partial charge in [0.25, 0.3) is 5.88 Å². The van der Waals surface area contributed by atoms with Crippen molar-refractivity contribution in [1.29, 1.82) is 0 Å². The Bertz CT molecular complexity index is 477. The lowest BCUT2D eigenvalue weighted by molar-refractivity contribution is 0.139. The van der Waals surface area contributed by atoms with Crippen molar-refractivity contribution in [2.24, 2.45) is 0 Å². The number of carbonyl (C=O) groups is 1. The van der Waals surface area contributed by atoms with E-state index in [2.05, 4.69) is 4.98 Å². The van der Waals surface area contributed by atoms with E-state index in [1.54, 1.807) is 12.1 Å². The molecule has 6 heteroatoms. The number of amides is 1. The number of aromatic nitrogens is 1. The van der Waals surface area contributed by atoms with E-state index < -0.39 is 0 Å². The number of pyridine rings is 1. The van der Waals surface area contributed by atoms with Gasteiger partial charge < -0.3 is 14.2 Å². The van der Waals surface area contributed by atoms with Gasteiger partial charge in [-0.25, -0.2) is 4.79 Å². The molecule has 0 saturated carbocycles. The third-order valence-corrected chi connectivity index (χ3v) is 3.00. The molecular weight excluding hydrogens is 236 g/mol. The fraction of sp³-hybridized carbons (Fsp3) is 0.500. The number of carbonyl (C=O) groups excluding carboxylic acids is 1. The standard InChI is InChI=1S/C12H14N2O4/c1-2-8-7-14(12(15)18-8)10-4-3-9-11(13-10)17-6-5-16-9/h3-4,8H,2,5-7H2,1H3. The molecule has 0 spiro atoms. The Kier molecular flexibility index (Phi) is 2.70. The molecule has 1 amide bonds. The van der Waals surface area contributed by atoms with E-state index in [-0.39, 0.29) is 12.2 Å². The summed E-state index contributed by atoms with van der Waals surface area (Å²) in [5.41, 5.74) is 0. The first-order valence-corrected chi connectivity index (χ1v) is 6.02. The minimum Gasteiger partial charge on any atom is -0.484 e. The molecule has 0 aromatic carbocycles. The van der Waals surface area contributed by atoms with Crippen molar-refractivity contribution in [3.63, 3.8) is 0 Å². The van der Waals surface area contributed by atoms with E-state index in [0.717, 1.165) is 6.42 Å². The number of ether oxygens (including phenoxy) is 3. The molecular formula is C12H14N2O4. The second kappa shape index (κ2) is 4.36. The third-order valence-electron chi connectivity index (χ3n) is 3.00. The van der Waals surface area contributed by atoms with Gasteiger partial charge in [0.05, 0.1) is 6.54 Å². The smallest absolute Gasteiger partial charge is 0.415 e. The Balaban J connectivity index is 1.86. The fourth-order valence-electron chi connectivity index (χ4n) is 1.99. The van der Waals surface area contributed by atoms with Gasteiger partial charge in [0.15, 0.2) is 5.75 Å². The molecule has 1 aromatic rings. The molecule has 0 aliphatic carbocycles. The second-order valence-electron chi connectivity index (χ2n) is 4.19. The molecule has 0 bridgehead atoms. The second-order valence-corrected chi connectivity index (χ2v) is 4.19. The maximum Gasteiger partial charge on any atom is 0.415 e. The molecule has 2 aliphatic rings. The van der Waals surface area contributed by atoms with Crippen molar-refractivity contribution in [1.82, 2.24) is 4.98 Å². The highest BCUT2D eigenvalue weighted by atomic mass is 16.6. The zero-order valence-electron chi connectivity index (χ0n) is 10.1. The van der Waals surface area contributed by atoms with E-state index in [4.69, 9.17) is 14.2 Å². The molecule has 3 rings (SSSR count). The van der Waals surface area contributed by atoms with Gasteiger partial charge in [-0.15, -0.1) is 0 Å². The predicted molar refractivity (Wildman–Crippen MR) is 63.1 cm³/mol. The topological polar surface area (TPSA) is 60.9 Å². The molecule has 0 radical (unpaired) electrons. The van der Waals surface area contributed by atoms with E-state index in [0.29, 0.717) is 37.2 Å². The minimum atomic E-state index is -0.356. The molecule has 2 aliphatic heterocycles. The normalized spacial score (nSPS) is 21.9. The van der Waals surface area contributed by atoms with Crippen molar-refractivity contribution >= 4 is 11.9 Å². The van der Waals surface area contributed by atoms with Crippen LogP contribution in [0, 0.1) is 0 Å². The first-order chi connectivity index (χ1) is 8.78. The summed E-state index contributed by atoms with van der Waals surface area (Å²) in [5, 5.41) is 0. The van der Waals surface area contributed by atoms with Crippen LogP contribution in [0.2, 0.25) is 0 Å². The van der Waals surface area contributed by atoms with Crippen LogP contribution >= 0.6 is 0 Å². The highest BCUT2D eigenvalue weighted by Gasteiger charge is 2.32. The number of anilines is 1. The lowest BCUT2D eigenvalue weighted by Gasteiger charge is -2.19. The number of hydrogen-bond acceptors (Lipinski definition) is 5. The largest absolute Gasteiger partial charge is 0.484 e. The van der Waals surface area contributed by atoms with Crippen LogP contribution in [0.5, 0.6) is 11.6 Å². The molecule has 1 saturated heterocycles. The lowest BCUT2D eigenvalue weighted by atomic mass is 10.3. The molecule has 3 heterocycles. The SMILES string of the molecule is CCC1CN(c2ccc3c(n2)OCCO3)C(=O)O1. The van der Waals surface area contributed by atoms with E-state index in [9.17, 15) is 4.79 Å². The number of fused-ring (bicyclic) bond motifs is 1. The Morgan fingerprint density at radius 3 is 3.00 bits per heavy atom. The molecule has 1 unspecified atom stereocenters. The van der Waals surface area contributed by atoms with Crippen molar-refractivity contribution < 1.29 is 19.0 Å². The van der Waals surface area contributed by atoms with E-state index in [1.807, 2.05) is 6.92 Å². The van der Waals surface area contributed by atoms with Crippen LogP contribution in [0.25, 0.3) is 0 Å². The number of nitrogens with zero attached hydrogens (tertiary/aromatic N) is 2. The van der Waals surface area contributed by atoms with Crippen LogP contribution in [0.3, 0.4) is 0 Å².